The highest BCUT2D eigenvalue weighted by atomic mass is 31.2. The second kappa shape index (κ2) is 11.3. The van der Waals surface area contributed by atoms with Gasteiger partial charge in [0.15, 0.2) is 0 Å². The maximum absolute atomic E-state index is 13.3. The Hall–Kier alpha value is -2.92. The van der Waals surface area contributed by atoms with Crippen LogP contribution in [0.5, 0.6) is 0 Å². The fraction of sp³-hybridized carbons (Fsp3) is 0.182. The Bertz CT molecular complexity index is 977. The smallest absolute Gasteiger partial charge is 0.282 e. The highest BCUT2D eigenvalue weighted by Crippen LogP contribution is 2.51. The molecule has 3 aromatic carbocycles. The summed E-state index contributed by atoms with van der Waals surface area (Å²) < 4.78 is 30.2. The summed E-state index contributed by atoms with van der Waals surface area (Å²) in [5, 5.41) is 3.59. The Balaban J connectivity index is 1.71. The molecule has 0 heterocycles. The van der Waals surface area contributed by atoms with Gasteiger partial charge in [0.2, 0.25) is 0 Å². The second-order valence-electron chi connectivity index (χ2n) is 6.40. The molecule has 0 aliphatic carbocycles. The van der Waals surface area contributed by atoms with Gasteiger partial charge in [0.05, 0.1) is 26.4 Å². The molecule has 30 heavy (non-hydrogen) atoms. The summed E-state index contributed by atoms with van der Waals surface area (Å²) in [5.41, 5.74) is 11.8. The van der Waals surface area contributed by atoms with E-state index < -0.39 is 7.82 Å². The molecule has 0 fully saturated rings. The number of rotatable bonds is 11. The zero-order valence-corrected chi connectivity index (χ0v) is 17.2. The number of azide groups is 1. The minimum Gasteiger partial charge on any atom is -0.282 e. The largest absolute Gasteiger partial charge is 0.475 e. The molecule has 8 heteroatoms. The average Bonchev–Trinajstić information content (AvgIpc) is 2.81. The summed E-state index contributed by atoms with van der Waals surface area (Å²) in [6, 6.07) is 26.1. The van der Waals surface area contributed by atoms with Crippen LogP contribution < -0.4 is 0 Å². The third-order valence-corrected chi connectivity index (χ3v) is 5.60. The van der Waals surface area contributed by atoms with Crippen LogP contribution in [0.25, 0.3) is 10.4 Å². The molecule has 0 saturated heterocycles. The molecule has 0 atom stereocenters. The normalized spacial score (nSPS) is 11.1. The van der Waals surface area contributed by atoms with Crippen molar-refractivity contribution < 1.29 is 18.1 Å². The third kappa shape index (κ3) is 6.85. The van der Waals surface area contributed by atoms with E-state index in [0.29, 0.717) is 0 Å². The first kappa shape index (κ1) is 21.8. The Labute approximate surface area is 175 Å². The van der Waals surface area contributed by atoms with E-state index in [1.807, 2.05) is 84.9 Å². The Morgan fingerprint density at radius 1 is 0.700 bits per heavy atom. The molecule has 3 rings (SSSR count). The van der Waals surface area contributed by atoms with Gasteiger partial charge in [-0.15, -0.1) is 0 Å². The summed E-state index contributed by atoms with van der Waals surface area (Å²) in [7, 11) is -3.86. The number of hydrogen-bond acceptors (Lipinski definition) is 5. The molecule has 7 nitrogen and oxygen atoms in total. The van der Waals surface area contributed by atoms with Crippen LogP contribution in [0.1, 0.15) is 22.3 Å². The van der Waals surface area contributed by atoms with Crippen molar-refractivity contribution in [1.29, 1.82) is 0 Å². The van der Waals surface area contributed by atoms with E-state index in [9.17, 15) is 4.57 Å². The standard InChI is InChI=1S/C22H22N3O4P/c23-25-24-15-21-13-7-8-14-22(21)18-29-30(26,27-16-19-9-3-1-4-10-19)28-17-20-11-5-2-6-12-20/h1-14H,15-18H2. The van der Waals surface area contributed by atoms with Crippen LogP contribution in [-0.2, 0) is 44.5 Å². The number of benzene rings is 3. The van der Waals surface area contributed by atoms with E-state index in [1.54, 1.807) is 0 Å². The minimum atomic E-state index is -3.86. The van der Waals surface area contributed by atoms with E-state index in [-0.39, 0.29) is 26.4 Å². The number of hydrogen-bond donors (Lipinski definition) is 0. The van der Waals surface area contributed by atoms with Gasteiger partial charge < -0.3 is 0 Å². The lowest BCUT2D eigenvalue weighted by atomic mass is 10.1. The van der Waals surface area contributed by atoms with Gasteiger partial charge in [0, 0.05) is 4.91 Å². The number of phosphoric ester groups is 1. The van der Waals surface area contributed by atoms with E-state index in [4.69, 9.17) is 19.1 Å². The van der Waals surface area contributed by atoms with Crippen molar-refractivity contribution in [3.05, 3.63) is 118 Å². The summed E-state index contributed by atoms with van der Waals surface area (Å²) in [5.74, 6) is 0. The minimum absolute atomic E-state index is 0.00200. The molecular formula is C22H22N3O4P. The Kier molecular flexibility index (Phi) is 8.21. The fourth-order valence-electron chi connectivity index (χ4n) is 2.68. The van der Waals surface area contributed by atoms with E-state index >= 15 is 0 Å². The first-order valence-electron chi connectivity index (χ1n) is 9.38. The SMILES string of the molecule is [N-]=[N+]=NCc1ccccc1COP(=O)(OCc1ccccc1)OCc1ccccc1. The highest BCUT2D eigenvalue weighted by molar-refractivity contribution is 7.48. The Morgan fingerprint density at radius 3 is 1.70 bits per heavy atom. The van der Waals surface area contributed by atoms with Crippen molar-refractivity contribution in [3.8, 4) is 0 Å². The molecule has 0 bridgehead atoms. The van der Waals surface area contributed by atoms with Crippen LogP contribution in [0.2, 0.25) is 0 Å². The quantitative estimate of drug-likeness (QED) is 0.151. The maximum Gasteiger partial charge on any atom is 0.475 e. The van der Waals surface area contributed by atoms with E-state index in [2.05, 4.69) is 10.0 Å². The predicted molar refractivity (Wildman–Crippen MR) is 114 cm³/mol. The first-order valence-corrected chi connectivity index (χ1v) is 10.8. The number of phosphoric acid groups is 1. The third-order valence-electron chi connectivity index (χ3n) is 4.27. The van der Waals surface area contributed by atoms with Gasteiger partial charge in [0.25, 0.3) is 0 Å². The molecule has 3 aromatic rings. The van der Waals surface area contributed by atoms with Gasteiger partial charge in [-0.3, -0.25) is 13.6 Å². The molecule has 0 aliphatic heterocycles. The lowest BCUT2D eigenvalue weighted by molar-refractivity contribution is 0.0977. The summed E-state index contributed by atoms with van der Waals surface area (Å²) in [6.45, 7) is 0.356. The van der Waals surface area contributed by atoms with Crippen molar-refractivity contribution >= 4 is 7.82 Å². The van der Waals surface area contributed by atoms with Gasteiger partial charge in [0.1, 0.15) is 0 Å². The summed E-state index contributed by atoms with van der Waals surface area (Å²) in [4.78, 5) is 2.79. The van der Waals surface area contributed by atoms with Crippen LogP contribution in [0.4, 0.5) is 0 Å². The van der Waals surface area contributed by atoms with Crippen molar-refractivity contribution in [2.75, 3.05) is 0 Å². The second-order valence-corrected chi connectivity index (χ2v) is 8.07. The molecule has 0 N–H and O–H groups in total. The van der Waals surface area contributed by atoms with Crippen molar-refractivity contribution in [2.45, 2.75) is 26.4 Å². The zero-order valence-electron chi connectivity index (χ0n) is 16.3. The summed E-state index contributed by atoms with van der Waals surface area (Å²) >= 11 is 0. The first-order chi connectivity index (χ1) is 14.7. The van der Waals surface area contributed by atoms with Crippen molar-refractivity contribution in [2.24, 2.45) is 5.11 Å². The molecular weight excluding hydrogens is 401 g/mol. The topological polar surface area (TPSA) is 93.5 Å². The molecule has 0 aromatic heterocycles. The van der Waals surface area contributed by atoms with Gasteiger partial charge in [-0.2, -0.15) is 0 Å². The number of nitrogens with zero attached hydrogens (tertiary/aromatic N) is 3. The van der Waals surface area contributed by atoms with Gasteiger partial charge >= 0.3 is 7.82 Å². The monoisotopic (exact) mass is 423 g/mol. The van der Waals surface area contributed by atoms with Crippen LogP contribution in [-0.4, -0.2) is 0 Å². The van der Waals surface area contributed by atoms with Crippen LogP contribution >= 0.6 is 7.82 Å². The van der Waals surface area contributed by atoms with Crippen molar-refractivity contribution in [3.63, 3.8) is 0 Å². The van der Waals surface area contributed by atoms with Crippen LogP contribution in [0.3, 0.4) is 0 Å². The van der Waals surface area contributed by atoms with E-state index in [1.165, 1.54) is 0 Å². The highest BCUT2D eigenvalue weighted by Gasteiger charge is 2.27. The summed E-state index contributed by atoms with van der Waals surface area (Å²) in [6.07, 6.45) is 0. The van der Waals surface area contributed by atoms with Gasteiger partial charge in [-0.05, 0) is 27.8 Å². The average molecular weight is 423 g/mol. The maximum atomic E-state index is 13.3. The zero-order chi connectivity index (χ0) is 21.1. The lowest BCUT2D eigenvalue weighted by Crippen LogP contribution is -2.03. The molecule has 0 unspecified atom stereocenters. The predicted octanol–water partition coefficient (Wildman–Crippen LogP) is 6.56. The molecule has 0 radical (unpaired) electrons. The lowest BCUT2D eigenvalue weighted by Gasteiger charge is -2.19. The molecule has 0 spiro atoms. The van der Waals surface area contributed by atoms with Gasteiger partial charge in [-0.25, -0.2) is 4.57 Å². The Morgan fingerprint density at radius 2 is 1.17 bits per heavy atom. The van der Waals surface area contributed by atoms with Crippen LogP contribution in [0, 0.1) is 0 Å². The molecule has 154 valence electrons. The fourth-order valence-corrected chi connectivity index (χ4v) is 3.81. The van der Waals surface area contributed by atoms with Gasteiger partial charge in [-0.1, -0.05) is 90.0 Å². The molecule has 0 aliphatic rings. The molecule has 0 saturated carbocycles. The molecule has 0 amide bonds. The van der Waals surface area contributed by atoms with E-state index in [0.717, 1.165) is 22.3 Å². The van der Waals surface area contributed by atoms with Crippen LogP contribution in [0.15, 0.2) is 90.0 Å². The van der Waals surface area contributed by atoms with Crippen molar-refractivity contribution in [1.82, 2.24) is 0 Å².